The topological polar surface area (TPSA) is 54.7 Å². The lowest BCUT2D eigenvalue weighted by molar-refractivity contribution is 0.997. The second-order valence-corrected chi connectivity index (χ2v) is 3.55. The van der Waals surface area contributed by atoms with E-state index in [1.165, 1.54) is 0 Å². The number of aromatic amines is 1. The monoisotopic (exact) mass is 207 g/mol. The van der Waals surface area contributed by atoms with Gasteiger partial charge in [0.2, 0.25) is 0 Å². The molecule has 0 unspecified atom stereocenters. The molecule has 2 aromatic rings. The van der Waals surface area contributed by atoms with Gasteiger partial charge in [-0.2, -0.15) is 5.10 Å². The van der Waals surface area contributed by atoms with Crippen molar-refractivity contribution in [1.29, 1.82) is 0 Å². The second-order valence-electron chi connectivity index (χ2n) is 3.11. The van der Waals surface area contributed by atoms with Gasteiger partial charge < -0.3 is 5.73 Å². The third kappa shape index (κ3) is 1.88. The number of halogens is 1. The number of benzene rings is 1. The van der Waals surface area contributed by atoms with Gasteiger partial charge in [-0.1, -0.05) is 23.7 Å². The van der Waals surface area contributed by atoms with Crippen molar-refractivity contribution in [1.82, 2.24) is 10.2 Å². The third-order valence-electron chi connectivity index (χ3n) is 2.02. The molecule has 0 fully saturated rings. The summed E-state index contributed by atoms with van der Waals surface area (Å²) in [6.45, 7) is 0. The molecule has 0 saturated heterocycles. The van der Waals surface area contributed by atoms with Crippen molar-refractivity contribution in [3.63, 3.8) is 0 Å². The van der Waals surface area contributed by atoms with Gasteiger partial charge in [0.25, 0.3) is 0 Å². The fourth-order valence-electron chi connectivity index (χ4n) is 1.31. The van der Waals surface area contributed by atoms with Gasteiger partial charge in [0, 0.05) is 11.4 Å². The van der Waals surface area contributed by atoms with E-state index in [1.807, 2.05) is 24.3 Å². The van der Waals surface area contributed by atoms with Crippen molar-refractivity contribution in [3.05, 3.63) is 46.7 Å². The molecule has 0 bridgehead atoms. The minimum absolute atomic E-state index is 0.685. The van der Waals surface area contributed by atoms with Gasteiger partial charge in [0.1, 0.15) is 0 Å². The smallest absolute Gasteiger partial charge is 0.0733 e. The van der Waals surface area contributed by atoms with Crippen molar-refractivity contribution in [2.75, 3.05) is 5.73 Å². The minimum Gasteiger partial charge on any atom is -0.396 e. The highest BCUT2D eigenvalue weighted by Crippen LogP contribution is 2.16. The van der Waals surface area contributed by atoms with Gasteiger partial charge in [0.05, 0.1) is 17.6 Å². The van der Waals surface area contributed by atoms with Gasteiger partial charge in [-0.05, 0) is 17.7 Å². The fraction of sp³-hybridized carbons (Fsp3) is 0.100. The van der Waals surface area contributed by atoms with E-state index in [0.29, 0.717) is 5.69 Å². The van der Waals surface area contributed by atoms with Crippen molar-refractivity contribution in [2.24, 2.45) is 0 Å². The van der Waals surface area contributed by atoms with E-state index in [2.05, 4.69) is 10.2 Å². The Bertz CT molecular complexity index is 436. The number of anilines is 1. The van der Waals surface area contributed by atoms with Crippen LogP contribution in [0.4, 0.5) is 5.69 Å². The molecule has 0 atom stereocenters. The standard InChI is InChI=1S/C10H10ClN3/c11-8-3-1-2-7(4-8)5-10-9(12)6-13-14-10/h1-4,6H,5,12H2,(H,13,14). The highest BCUT2D eigenvalue weighted by Gasteiger charge is 2.02. The van der Waals surface area contributed by atoms with Crippen LogP contribution in [0.5, 0.6) is 0 Å². The first-order valence-corrected chi connectivity index (χ1v) is 4.65. The van der Waals surface area contributed by atoms with E-state index >= 15 is 0 Å². The zero-order valence-corrected chi connectivity index (χ0v) is 8.25. The summed E-state index contributed by atoms with van der Waals surface area (Å²) in [5.41, 5.74) is 8.43. The molecule has 72 valence electrons. The predicted octanol–water partition coefficient (Wildman–Crippen LogP) is 2.24. The predicted molar refractivity (Wildman–Crippen MR) is 57.3 cm³/mol. The Labute approximate surface area is 86.9 Å². The largest absolute Gasteiger partial charge is 0.396 e. The molecule has 1 heterocycles. The maximum Gasteiger partial charge on any atom is 0.0733 e. The molecule has 4 heteroatoms. The summed E-state index contributed by atoms with van der Waals surface area (Å²) in [6, 6.07) is 7.69. The molecule has 0 aliphatic rings. The molecule has 0 spiro atoms. The molecule has 0 aliphatic heterocycles. The van der Waals surface area contributed by atoms with Gasteiger partial charge in [-0.15, -0.1) is 0 Å². The first-order chi connectivity index (χ1) is 6.75. The first-order valence-electron chi connectivity index (χ1n) is 4.28. The lowest BCUT2D eigenvalue weighted by atomic mass is 10.1. The van der Waals surface area contributed by atoms with Gasteiger partial charge in [-0.25, -0.2) is 0 Å². The summed E-state index contributed by atoms with van der Waals surface area (Å²) in [5, 5.41) is 7.45. The Morgan fingerprint density at radius 1 is 1.43 bits per heavy atom. The van der Waals surface area contributed by atoms with Gasteiger partial charge >= 0.3 is 0 Å². The average molecular weight is 208 g/mol. The summed E-state index contributed by atoms with van der Waals surface area (Å²) in [4.78, 5) is 0. The molecule has 3 N–H and O–H groups in total. The molecule has 0 amide bonds. The molecule has 0 aliphatic carbocycles. The highest BCUT2D eigenvalue weighted by atomic mass is 35.5. The van der Waals surface area contributed by atoms with E-state index in [-0.39, 0.29) is 0 Å². The van der Waals surface area contributed by atoms with Crippen LogP contribution in [0.3, 0.4) is 0 Å². The Hall–Kier alpha value is -1.48. The molecule has 3 nitrogen and oxygen atoms in total. The zero-order chi connectivity index (χ0) is 9.97. The molecule has 0 radical (unpaired) electrons. The van der Waals surface area contributed by atoms with Crippen LogP contribution in [-0.2, 0) is 6.42 Å². The van der Waals surface area contributed by atoms with Crippen LogP contribution in [0.1, 0.15) is 11.3 Å². The molecule has 14 heavy (non-hydrogen) atoms. The number of nitrogens with two attached hydrogens (primary N) is 1. The Morgan fingerprint density at radius 2 is 2.29 bits per heavy atom. The normalized spacial score (nSPS) is 10.4. The van der Waals surface area contributed by atoms with Gasteiger partial charge in [0.15, 0.2) is 0 Å². The maximum atomic E-state index is 5.87. The van der Waals surface area contributed by atoms with Crippen LogP contribution in [0, 0.1) is 0 Å². The third-order valence-corrected chi connectivity index (χ3v) is 2.26. The molecule has 1 aromatic carbocycles. The van der Waals surface area contributed by atoms with Crippen LogP contribution in [0.25, 0.3) is 0 Å². The number of aromatic nitrogens is 2. The minimum atomic E-state index is 0.685. The van der Waals surface area contributed by atoms with E-state index < -0.39 is 0 Å². The van der Waals surface area contributed by atoms with Crippen LogP contribution in [0.15, 0.2) is 30.5 Å². The van der Waals surface area contributed by atoms with E-state index in [9.17, 15) is 0 Å². The second kappa shape index (κ2) is 3.72. The molecule has 0 saturated carbocycles. The molecular weight excluding hydrogens is 198 g/mol. The van der Waals surface area contributed by atoms with Crippen molar-refractivity contribution in [3.8, 4) is 0 Å². The van der Waals surface area contributed by atoms with E-state index in [0.717, 1.165) is 22.7 Å². The molecular formula is C10H10ClN3. The molecule has 1 aromatic heterocycles. The number of nitrogen functional groups attached to an aromatic ring is 1. The van der Waals surface area contributed by atoms with Crippen LogP contribution in [-0.4, -0.2) is 10.2 Å². The SMILES string of the molecule is Nc1cn[nH]c1Cc1cccc(Cl)c1. The lowest BCUT2D eigenvalue weighted by Gasteiger charge is -2.00. The highest BCUT2D eigenvalue weighted by molar-refractivity contribution is 6.30. The number of hydrogen-bond donors (Lipinski definition) is 2. The first kappa shape index (κ1) is 9.09. The lowest BCUT2D eigenvalue weighted by Crippen LogP contribution is -1.93. The fourth-order valence-corrected chi connectivity index (χ4v) is 1.53. The molecule has 2 rings (SSSR count). The van der Waals surface area contributed by atoms with Crippen LogP contribution in [0.2, 0.25) is 5.02 Å². The van der Waals surface area contributed by atoms with Gasteiger partial charge in [-0.3, -0.25) is 5.10 Å². The number of rotatable bonds is 2. The summed E-state index contributed by atoms with van der Waals surface area (Å²) in [6.07, 6.45) is 2.34. The quantitative estimate of drug-likeness (QED) is 0.794. The van der Waals surface area contributed by atoms with Crippen molar-refractivity contribution < 1.29 is 0 Å². The van der Waals surface area contributed by atoms with Crippen LogP contribution >= 0.6 is 11.6 Å². The van der Waals surface area contributed by atoms with Crippen LogP contribution < -0.4 is 5.73 Å². The maximum absolute atomic E-state index is 5.87. The average Bonchev–Trinajstić information content (AvgIpc) is 2.52. The zero-order valence-electron chi connectivity index (χ0n) is 7.50. The number of H-pyrrole nitrogens is 1. The summed E-state index contributed by atoms with van der Waals surface area (Å²) in [5.74, 6) is 0. The Kier molecular flexibility index (Phi) is 2.41. The van der Waals surface area contributed by atoms with Crippen molar-refractivity contribution >= 4 is 17.3 Å². The number of hydrogen-bond acceptors (Lipinski definition) is 2. The van der Waals surface area contributed by atoms with Crippen molar-refractivity contribution in [2.45, 2.75) is 6.42 Å². The number of nitrogens with one attached hydrogen (secondary N) is 1. The summed E-state index contributed by atoms with van der Waals surface area (Å²) in [7, 11) is 0. The summed E-state index contributed by atoms with van der Waals surface area (Å²) >= 11 is 5.87. The Morgan fingerprint density at radius 3 is 2.93 bits per heavy atom. The number of nitrogens with zero attached hydrogens (tertiary/aromatic N) is 1. The summed E-state index contributed by atoms with van der Waals surface area (Å²) < 4.78 is 0. The van der Waals surface area contributed by atoms with E-state index in [1.54, 1.807) is 6.20 Å². The van der Waals surface area contributed by atoms with E-state index in [4.69, 9.17) is 17.3 Å². The Balaban J connectivity index is 2.23.